The van der Waals surface area contributed by atoms with Crippen LogP contribution in [0, 0.1) is 0 Å². The van der Waals surface area contributed by atoms with E-state index in [4.69, 9.17) is 0 Å². The number of carbonyl (C=O) groups is 2. The number of para-hydroxylation sites is 1. The largest absolute Gasteiger partial charge is 0.352 e. The Morgan fingerprint density at radius 1 is 1.03 bits per heavy atom. The molecule has 9 heteroatoms. The van der Waals surface area contributed by atoms with E-state index in [2.05, 4.69) is 10.6 Å². The molecule has 0 aliphatic heterocycles. The quantitative estimate of drug-likeness (QED) is 0.421. The zero-order chi connectivity index (χ0) is 23.8. The number of fused-ring (bicyclic) bond motifs is 1. The Morgan fingerprint density at radius 3 is 2.55 bits per heavy atom. The van der Waals surface area contributed by atoms with Gasteiger partial charge in [0.1, 0.15) is 6.54 Å². The van der Waals surface area contributed by atoms with Gasteiger partial charge in [-0.25, -0.2) is 4.79 Å². The van der Waals surface area contributed by atoms with Gasteiger partial charge in [-0.1, -0.05) is 25.1 Å². The minimum atomic E-state index is -0.514. The van der Waals surface area contributed by atoms with Crippen molar-refractivity contribution in [2.45, 2.75) is 65.2 Å². The highest BCUT2D eigenvalue weighted by atomic mass is 32.1. The number of benzene rings is 1. The Kier molecular flexibility index (Phi) is 8.59. The molecule has 0 bridgehead atoms. The van der Waals surface area contributed by atoms with Gasteiger partial charge in [-0.3, -0.25) is 23.5 Å². The van der Waals surface area contributed by atoms with E-state index in [0.29, 0.717) is 36.7 Å². The Balaban J connectivity index is 1.69. The molecule has 3 rings (SSSR count). The van der Waals surface area contributed by atoms with E-state index in [1.165, 1.54) is 9.13 Å². The molecule has 0 aliphatic rings. The zero-order valence-corrected chi connectivity index (χ0v) is 19.8. The van der Waals surface area contributed by atoms with Gasteiger partial charge in [0.25, 0.3) is 5.56 Å². The number of aromatic nitrogens is 2. The van der Waals surface area contributed by atoms with Crippen LogP contribution < -0.4 is 21.9 Å². The van der Waals surface area contributed by atoms with E-state index in [9.17, 15) is 19.2 Å². The van der Waals surface area contributed by atoms with Crippen molar-refractivity contribution >= 4 is 34.1 Å². The molecule has 1 unspecified atom stereocenters. The molecule has 0 radical (unpaired) electrons. The molecule has 0 saturated heterocycles. The molecule has 8 nitrogen and oxygen atoms in total. The van der Waals surface area contributed by atoms with Gasteiger partial charge in [0.15, 0.2) is 0 Å². The van der Waals surface area contributed by atoms with Gasteiger partial charge in [-0.05, 0) is 49.8 Å². The number of amides is 2. The lowest BCUT2D eigenvalue weighted by Crippen LogP contribution is -2.43. The van der Waals surface area contributed by atoms with Crippen molar-refractivity contribution in [2.75, 3.05) is 0 Å². The molecule has 2 amide bonds. The SMILES string of the molecule is CCC(C)NC(=O)Cn1c(=O)n(CCCCC(=O)NCc2cccs2)c(=O)c2ccccc21. The average Bonchev–Trinajstić information content (AvgIpc) is 3.33. The molecule has 3 aromatic rings. The van der Waals surface area contributed by atoms with Crippen LogP contribution in [0.3, 0.4) is 0 Å². The van der Waals surface area contributed by atoms with Crippen LogP contribution in [-0.4, -0.2) is 27.0 Å². The number of unbranched alkanes of at least 4 members (excludes halogenated alkanes) is 1. The molecular weight excluding hydrogens is 440 g/mol. The van der Waals surface area contributed by atoms with Crippen LogP contribution in [0.15, 0.2) is 51.4 Å². The Labute approximate surface area is 196 Å². The predicted molar refractivity (Wildman–Crippen MR) is 130 cm³/mol. The fraction of sp³-hybridized carbons (Fsp3) is 0.417. The van der Waals surface area contributed by atoms with Crippen LogP contribution in [0.25, 0.3) is 10.9 Å². The first-order valence-electron chi connectivity index (χ1n) is 11.2. The third-order valence-electron chi connectivity index (χ3n) is 5.53. The Hall–Kier alpha value is -3.20. The van der Waals surface area contributed by atoms with Crippen molar-refractivity contribution in [2.24, 2.45) is 0 Å². The van der Waals surface area contributed by atoms with E-state index < -0.39 is 5.69 Å². The van der Waals surface area contributed by atoms with Crippen LogP contribution in [0.5, 0.6) is 0 Å². The second kappa shape index (κ2) is 11.6. The van der Waals surface area contributed by atoms with E-state index in [1.54, 1.807) is 35.6 Å². The van der Waals surface area contributed by atoms with E-state index in [0.717, 1.165) is 11.3 Å². The molecule has 1 atom stereocenters. The average molecular weight is 471 g/mol. The minimum absolute atomic E-state index is 0.00339. The van der Waals surface area contributed by atoms with Crippen LogP contribution >= 0.6 is 11.3 Å². The summed E-state index contributed by atoms with van der Waals surface area (Å²) in [5.41, 5.74) is -0.451. The van der Waals surface area contributed by atoms with Crippen molar-refractivity contribution in [1.82, 2.24) is 19.8 Å². The van der Waals surface area contributed by atoms with Gasteiger partial charge >= 0.3 is 5.69 Å². The van der Waals surface area contributed by atoms with E-state index in [-0.39, 0.29) is 36.5 Å². The van der Waals surface area contributed by atoms with Crippen LogP contribution in [0.1, 0.15) is 44.4 Å². The second-order valence-corrected chi connectivity index (χ2v) is 9.06. The number of rotatable bonds is 11. The van der Waals surface area contributed by atoms with Gasteiger partial charge in [0, 0.05) is 23.9 Å². The molecule has 33 heavy (non-hydrogen) atoms. The first-order valence-corrected chi connectivity index (χ1v) is 12.1. The maximum Gasteiger partial charge on any atom is 0.331 e. The lowest BCUT2D eigenvalue weighted by molar-refractivity contribution is -0.122. The molecule has 176 valence electrons. The number of hydrogen-bond donors (Lipinski definition) is 2. The van der Waals surface area contributed by atoms with Crippen LogP contribution in [-0.2, 0) is 29.2 Å². The summed E-state index contributed by atoms with van der Waals surface area (Å²) in [4.78, 5) is 51.7. The third-order valence-corrected chi connectivity index (χ3v) is 6.41. The molecule has 1 aromatic carbocycles. The molecule has 0 aliphatic carbocycles. The van der Waals surface area contributed by atoms with Crippen molar-refractivity contribution < 1.29 is 9.59 Å². The van der Waals surface area contributed by atoms with E-state index >= 15 is 0 Å². The van der Waals surface area contributed by atoms with E-state index in [1.807, 2.05) is 31.4 Å². The maximum absolute atomic E-state index is 13.1. The lowest BCUT2D eigenvalue weighted by atomic mass is 10.2. The molecule has 0 saturated carbocycles. The number of nitrogens with zero attached hydrogens (tertiary/aromatic N) is 2. The number of carbonyl (C=O) groups excluding carboxylic acids is 2. The topological polar surface area (TPSA) is 102 Å². The smallest absolute Gasteiger partial charge is 0.331 e. The van der Waals surface area contributed by atoms with Gasteiger partial charge < -0.3 is 10.6 Å². The van der Waals surface area contributed by atoms with Crippen LogP contribution in [0.2, 0.25) is 0 Å². The normalized spacial score (nSPS) is 11.9. The highest BCUT2D eigenvalue weighted by Gasteiger charge is 2.16. The summed E-state index contributed by atoms with van der Waals surface area (Å²) >= 11 is 1.59. The Bertz CT molecular complexity index is 1210. The van der Waals surface area contributed by atoms with Crippen molar-refractivity contribution in [1.29, 1.82) is 0 Å². The molecule has 2 aromatic heterocycles. The maximum atomic E-state index is 13.1. The molecule has 2 N–H and O–H groups in total. The highest BCUT2D eigenvalue weighted by molar-refractivity contribution is 7.09. The van der Waals surface area contributed by atoms with Crippen molar-refractivity contribution in [3.63, 3.8) is 0 Å². The van der Waals surface area contributed by atoms with Gasteiger partial charge in [-0.15, -0.1) is 11.3 Å². The van der Waals surface area contributed by atoms with Crippen molar-refractivity contribution in [3.05, 3.63) is 67.5 Å². The highest BCUT2D eigenvalue weighted by Crippen LogP contribution is 2.09. The number of hydrogen-bond acceptors (Lipinski definition) is 5. The fourth-order valence-electron chi connectivity index (χ4n) is 3.53. The molecule has 0 spiro atoms. The van der Waals surface area contributed by atoms with Gasteiger partial charge in [0.05, 0.1) is 17.4 Å². The Morgan fingerprint density at radius 2 is 1.82 bits per heavy atom. The molecule has 0 fully saturated rings. The van der Waals surface area contributed by atoms with Gasteiger partial charge in [0.2, 0.25) is 11.8 Å². The van der Waals surface area contributed by atoms with Gasteiger partial charge in [-0.2, -0.15) is 0 Å². The first kappa shape index (κ1) is 24.4. The third kappa shape index (κ3) is 6.41. The first-order chi connectivity index (χ1) is 15.9. The standard InChI is InChI=1S/C24H30N4O4S/c1-3-17(2)26-22(30)16-28-20-11-5-4-10-19(20)23(31)27(24(28)32)13-7-6-12-21(29)25-15-18-9-8-14-33-18/h4-5,8-11,14,17H,3,6-7,12-13,15-16H2,1-2H3,(H,25,29)(H,26,30). The molecule has 2 heterocycles. The summed E-state index contributed by atoms with van der Waals surface area (Å²) in [6.07, 6.45) is 2.14. The fourth-order valence-corrected chi connectivity index (χ4v) is 4.17. The zero-order valence-electron chi connectivity index (χ0n) is 19.0. The summed E-state index contributed by atoms with van der Waals surface area (Å²) < 4.78 is 2.52. The monoisotopic (exact) mass is 470 g/mol. The van der Waals surface area contributed by atoms with Crippen LogP contribution in [0.4, 0.5) is 0 Å². The minimum Gasteiger partial charge on any atom is -0.352 e. The second-order valence-electron chi connectivity index (χ2n) is 8.03. The summed E-state index contributed by atoms with van der Waals surface area (Å²) in [5, 5.41) is 8.09. The predicted octanol–water partition coefficient (Wildman–Crippen LogP) is 2.63. The summed E-state index contributed by atoms with van der Waals surface area (Å²) in [5.74, 6) is -0.336. The molecular formula is C24H30N4O4S. The summed E-state index contributed by atoms with van der Waals surface area (Å²) in [7, 11) is 0. The number of nitrogens with one attached hydrogen (secondary N) is 2. The number of thiophene rings is 1. The van der Waals surface area contributed by atoms with Crippen molar-refractivity contribution in [3.8, 4) is 0 Å². The summed E-state index contributed by atoms with van der Waals surface area (Å²) in [6.45, 7) is 4.40. The lowest BCUT2D eigenvalue weighted by Gasteiger charge is -2.16. The summed E-state index contributed by atoms with van der Waals surface area (Å²) in [6, 6.07) is 10.7.